The Hall–Kier alpha value is -0.240. The third-order valence-corrected chi connectivity index (χ3v) is 2.36. The average Bonchev–Trinajstić information content (AvgIpc) is 2.41. The Morgan fingerprint density at radius 1 is 0.737 bits per heavy atom. The van der Waals surface area contributed by atoms with Crippen LogP contribution in [0.15, 0.2) is 0 Å². The van der Waals surface area contributed by atoms with E-state index in [0.717, 1.165) is 6.54 Å². The minimum atomic E-state index is 0.243. The fourth-order valence-corrected chi connectivity index (χ4v) is 1.46. The summed E-state index contributed by atoms with van der Waals surface area (Å²) < 4.78 is 26.1. The Morgan fingerprint density at radius 2 is 1.32 bits per heavy atom. The van der Waals surface area contributed by atoms with Gasteiger partial charge in [-0.3, -0.25) is 0 Å². The zero-order valence-corrected chi connectivity index (χ0v) is 12.5. The largest absolute Gasteiger partial charge is 0.383 e. The standard InChI is InChI=1S/C13H29NO5/c1-4-14-13(11-16-3)12-19-10-9-18-8-7-17-6-5-15-2/h13-14H,4-12H2,1-3H3. The van der Waals surface area contributed by atoms with Crippen LogP contribution in [0.25, 0.3) is 0 Å². The molecule has 0 aromatic rings. The van der Waals surface area contributed by atoms with Crippen molar-refractivity contribution in [3.63, 3.8) is 0 Å². The van der Waals surface area contributed by atoms with Crippen molar-refractivity contribution >= 4 is 0 Å². The van der Waals surface area contributed by atoms with Gasteiger partial charge in [0.2, 0.25) is 0 Å². The van der Waals surface area contributed by atoms with Crippen LogP contribution in [0.1, 0.15) is 6.92 Å². The van der Waals surface area contributed by atoms with Crippen molar-refractivity contribution < 1.29 is 23.7 Å². The van der Waals surface area contributed by atoms with E-state index in [0.29, 0.717) is 52.9 Å². The lowest BCUT2D eigenvalue weighted by molar-refractivity contribution is -0.00265. The predicted molar refractivity (Wildman–Crippen MR) is 73.7 cm³/mol. The van der Waals surface area contributed by atoms with Gasteiger partial charge >= 0.3 is 0 Å². The molecule has 1 unspecified atom stereocenters. The van der Waals surface area contributed by atoms with Gasteiger partial charge in [-0.2, -0.15) is 0 Å². The summed E-state index contributed by atoms with van der Waals surface area (Å²) in [5.74, 6) is 0. The van der Waals surface area contributed by atoms with Gasteiger partial charge in [-0.15, -0.1) is 0 Å². The first-order valence-electron chi connectivity index (χ1n) is 6.79. The van der Waals surface area contributed by atoms with Gasteiger partial charge < -0.3 is 29.0 Å². The van der Waals surface area contributed by atoms with Crippen LogP contribution in [0.2, 0.25) is 0 Å². The van der Waals surface area contributed by atoms with E-state index in [1.165, 1.54) is 0 Å². The van der Waals surface area contributed by atoms with E-state index >= 15 is 0 Å². The topological polar surface area (TPSA) is 58.2 Å². The minimum Gasteiger partial charge on any atom is -0.383 e. The number of ether oxygens (including phenoxy) is 5. The van der Waals surface area contributed by atoms with Crippen LogP contribution in [0.4, 0.5) is 0 Å². The number of likely N-dealkylation sites (N-methyl/N-ethyl adjacent to an activating group) is 1. The Morgan fingerprint density at radius 3 is 1.84 bits per heavy atom. The van der Waals surface area contributed by atoms with Gasteiger partial charge in [-0.1, -0.05) is 6.92 Å². The molecule has 0 aliphatic heterocycles. The summed E-state index contributed by atoms with van der Waals surface area (Å²) in [5.41, 5.74) is 0. The minimum absolute atomic E-state index is 0.243. The van der Waals surface area contributed by atoms with Gasteiger partial charge in [0.25, 0.3) is 0 Å². The molecule has 0 rings (SSSR count). The summed E-state index contributed by atoms with van der Waals surface area (Å²) in [6, 6.07) is 0.243. The van der Waals surface area contributed by atoms with Crippen LogP contribution in [0.5, 0.6) is 0 Å². The van der Waals surface area contributed by atoms with Crippen LogP contribution in [0, 0.1) is 0 Å². The van der Waals surface area contributed by atoms with Gasteiger partial charge in [0, 0.05) is 14.2 Å². The van der Waals surface area contributed by atoms with Crippen LogP contribution in [-0.4, -0.2) is 79.7 Å². The van der Waals surface area contributed by atoms with Crippen LogP contribution >= 0.6 is 0 Å². The van der Waals surface area contributed by atoms with Crippen LogP contribution in [0.3, 0.4) is 0 Å². The Balaban J connectivity index is 3.20. The number of hydrogen-bond donors (Lipinski definition) is 1. The second kappa shape index (κ2) is 15.8. The average molecular weight is 279 g/mol. The van der Waals surface area contributed by atoms with E-state index in [1.54, 1.807) is 14.2 Å². The molecule has 0 radical (unpaired) electrons. The third-order valence-electron chi connectivity index (χ3n) is 2.36. The van der Waals surface area contributed by atoms with Crippen LogP contribution < -0.4 is 5.32 Å². The molecule has 0 saturated carbocycles. The number of rotatable bonds is 15. The highest BCUT2D eigenvalue weighted by molar-refractivity contribution is 4.63. The maximum atomic E-state index is 5.52. The highest BCUT2D eigenvalue weighted by atomic mass is 16.6. The molecule has 0 aliphatic carbocycles. The van der Waals surface area contributed by atoms with Crippen molar-refractivity contribution in [1.82, 2.24) is 5.32 Å². The second-order valence-electron chi connectivity index (χ2n) is 4.00. The molecular weight excluding hydrogens is 250 g/mol. The molecule has 0 saturated heterocycles. The smallest absolute Gasteiger partial charge is 0.0701 e. The molecule has 6 heteroatoms. The lowest BCUT2D eigenvalue weighted by Gasteiger charge is -2.16. The molecule has 19 heavy (non-hydrogen) atoms. The number of hydrogen-bond acceptors (Lipinski definition) is 6. The van der Waals surface area contributed by atoms with E-state index in [2.05, 4.69) is 12.2 Å². The molecule has 0 aromatic heterocycles. The zero-order valence-electron chi connectivity index (χ0n) is 12.5. The highest BCUT2D eigenvalue weighted by Crippen LogP contribution is 1.88. The Kier molecular flexibility index (Phi) is 15.6. The van der Waals surface area contributed by atoms with E-state index in [4.69, 9.17) is 23.7 Å². The molecule has 6 nitrogen and oxygen atoms in total. The van der Waals surface area contributed by atoms with Crippen molar-refractivity contribution in [2.24, 2.45) is 0 Å². The molecule has 1 N–H and O–H groups in total. The van der Waals surface area contributed by atoms with E-state index in [1.807, 2.05) is 0 Å². The maximum absolute atomic E-state index is 5.52. The van der Waals surface area contributed by atoms with Crippen molar-refractivity contribution in [3.05, 3.63) is 0 Å². The Labute approximate surface area is 116 Å². The first-order chi connectivity index (χ1) is 9.35. The van der Waals surface area contributed by atoms with Crippen molar-refractivity contribution in [1.29, 1.82) is 0 Å². The molecule has 1 atom stereocenters. The Bertz CT molecular complexity index is 165. The maximum Gasteiger partial charge on any atom is 0.0701 e. The molecule has 0 bridgehead atoms. The van der Waals surface area contributed by atoms with Gasteiger partial charge in [0.15, 0.2) is 0 Å². The molecule has 0 aliphatic rings. The SMILES string of the molecule is CCNC(COC)COCCOCCOCCOC. The summed E-state index contributed by atoms with van der Waals surface area (Å²) in [6.07, 6.45) is 0. The van der Waals surface area contributed by atoms with E-state index < -0.39 is 0 Å². The van der Waals surface area contributed by atoms with E-state index in [-0.39, 0.29) is 6.04 Å². The molecule has 116 valence electrons. The number of nitrogens with one attached hydrogen (secondary N) is 1. The zero-order chi connectivity index (χ0) is 14.2. The molecule has 0 spiro atoms. The van der Waals surface area contributed by atoms with Crippen LogP contribution in [-0.2, 0) is 23.7 Å². The normalized spacial score (nSPS) is 12.8. The quantitative estimate of drug-likeness (QED) is 0.435. The third kappa shape index (κ3) is 14.0. The van der Waals surface area contributed by atoms with E-state index in [9.17, 15) is 0 Å². The molecule has 0 fully saturated rings. The van der Waals surface area contributed by atoms with Crippen molar-refractivity contribution in [3.8, 4) is 0 Å². The fraction of sp³-hybridized carbons (Fsp3) is 1.00. The van der Waals surface area contributed by atoms with Crippen molar-refractivity contribution in [2.45, 2.75) is 13.0 Å². The first kappa shape index (κ1) is 18.8. The molecular formula is C13H29NO5. The summed E-state index contributed by atoms with van der Waals surface area (Å²) in [4.78, 5) is 0. The highest BCUT2D eigenvalue weighted by Gasteiger charge is 2.06. The van der Waals surface area contributed by atoms with Crippen molar-refractivity contribution in [2.75, 3.05) is 73.6 Å². The second-order valence-corrected chi connectivity index (χ2v) is 4.00. The summed E-state index contributed by atoms with van der Waals surface area (Å²) in [6.45, 7) is 7.84. The predicted octanol–water partition coefficient (Wildman–Crippen LogP) is 0.307. The monoisotopic (exact) mass is 279 g/mol. The van der Waals surface area contributed by atoms with Gasteiger partial charge in [0.1, 0.15) is 0 Å². The lowest BCUT2D eigenvalue weighted by atomic mass is 10.3. The number of methoxy groups -OCH3 is 2. The molecule has 0 amide bonds. The van der Waals surface area contributed by atoms with Gasteiger partial charge in [-0.05, 0) is 6.54 Å². The molecule has 0 aromatic carbocycles. The summed E-state index contributed by atoms with van der Waals surface area (Å²) in [5, 5.41) is 3.29. The molecule has 0 heterocycles. The summed E-state index contributed by atoms with van der Waals surface area (Å²) >= 11 is 0. The fourth-order valence-electron chi connectivity index (χ4n) is 1.46. The van der Waals surface area contributed by atoms with Gasteiger partial charge in [0.05, 0.1) is 58.9 Å². The lowest BCUT2D eigenvalue weighted by Crippen LogP contribution is -2.37. The summed E-state index contributed by atoms with van der Waals surface area (Å²) in [7, 11) is 3.35. The van der Waals surface area contributed by atoms with Gasteiger partial charge in [-0.25, -0.2) is 0 Å². The first-order valence-corrected chi connectivity index (χ1v) is 6.79.